The molecule has 1 aromatic heterocycles. The van der Waals surface area contributed by atoms with E-state index in [1.807, 2.05) is 37.4 Å². The first-order chi connectivity index (χ1) is 16.9. The Morgan fingerprint density at radius 3 is 2.66 bits per heavy atom. The number of hydrogen-bond acceptors (Lipinski definition) is 5. The van der Waals surface area contributed by atoms with Gasteiger partial charge in [-0.25, -0.2) is 8.42 Å². The Morgan fingerprint density at radius 1 is 1.11 bits per heavy atom. The number of benzene rings is 2. The summed E-state index contributed by atoms with van der Waals surface area (Å²) in [5, 5.41) is 3.85. The molecule has 0 bridgehead atoms. The molecule has 2 amide bonds. The van der Waals surface area contributed by atoms with Gasteiger partial charge in [-0.2, -0.15) is 4.31 Å². The van der Waals surface area contributed by atoms with Gasteiger partial charge in [0.15, 0.2) is 6.10 Å². The summed E-state index contributed by atoms with van der Waals surface area (Å²) in [7, 11) is -3.77. The number of hydrogen-bond donors (Lipinski definition) is 2. The SMILES string of the molecule is CC[C@@H]1Oc2ccc(S(=O)(=O)N3CCN(C(=O)CCc4c[nH]c5ccccc45)CC3)cc2NC1=O. The van der Waals surface area contributed by atoms with Crippen molar-refractivity contribution in [2.45, 2.75) is 37.2 Å². The van der Waals surface area contributed by atoms with Crippen molar-refractivity contribution in [1.29, 1.82) is 0 Å². The molecule has 1 fully saturated rings. The molecule has 2 aliphatic rings. The topological polar surface area (TPSA) is 112 Å². The minimum Gasteiger partial charge on any atom is -0.478 e. The van der Waals surface area contributed by atoms with Crippen LogP contribution in [0.5, 0.6) is 5.75 Å². The number of carbonyl (C=O) groups is 2. The molecule has 2 aromatic carbocycles. The van der Waals surface area contributed by atoms with Crippen LogP contribution in [-0.2, 0) is 26.0 Å². The third kappa shape index (κ3) is 4.51. The molecule has 0 unspecified atom stereocenters. The number of fused-ring (bicyclic) bond motifs is 2. The molecular formula is C25H28N4O5S. The fourth-order valence-corrected chi connectivity index (χ4v) is 6.07. The Labute approximate surface area is 204 Å². The zero-order valence-corrected chi connectivity index (χ0v) is 20.3. The van der Waals surface area contributed by atoms with Crippen LogP contribution < -0.4 is 10.1 Å². The van der Waals surface area contributed by atoms with E-state index in [0.29, 0.717) is 43.8 Å². The Morgan fingerprint density at radius 2 is 1.89 bits per heavy atom. The minimum atomic E-state index is -3.77. The highest BCUT2D eigenvalue weighted by atomic mass is 32.2. The number of sulfonamides is 1. The van der Waals surface area contributed by atoms with E-state index in [-0.39, 0.29) is 29.8 Å². The van der Waals surface area contributed by atoms with Crippen LogP contribution in [0.25, 0.3) is 10.9 Å². The van der Waals surface area contributed by atoms with E-state index < -0.39 is 16.1 Å². The number of aromatic nitrogens is 1. The van der Waals surface area contributed by atoms with Gasteiger partial charge in [0.1, 0.15) is 5.75 Å². The molecule has 0 saturated carbocycles. The van der Waals surface area contributed by atoms with Gasteiger partial charge in [0.2, 0.25) is 15.9 Å². The number of piperazine rings is 1. The van der Waals surface area contributed by atoms with Crippen molar-refractivity contribution in [2.24, 2.45) is 0 Å². The van der Waals surface area contributed by atoms with Crippen LogP contribution in [0.3, 0.4) is 0 Å². The molecule has 5 rings (SSSR count). The second-order valence-corrected chi connectivity index (χ2v) is 10.7. The summed E-state index contributed by atoms with van der Waals surface area (Å²) in [5.41, 5.74) is 2.50. The molecule has 9 nitrogen and oxygen atoms in total. The smallest absolute Gasteiger partial charge is 0.265 e. The molecular weight excluding hydrogens is 468 g/mol. The number of nitrogens with zero attached hydrogens (tertiary/aromatic N) is 2. The molecule has 3 heterocycles. The van der Waals surface area contributed by atoms with Crippen LogP contribution in [0.4, 0.5) is 5.69 Å². The van der Waals surface area contributed by atoms with Crippen LogP contribution in [0, 0.1) is 0 Å². The molecule has 35 heavy (non-hydrogen) atoms. The van der Waals surface area contributed by atoms with Crippen molar-refractivity contribution in [2.75, 3.05) is 31.5 Å². The van der Waals surface area contributed by atoms with Gasteiger partial charge >= 0.3 is 0 Å². The summed E-state index contributed by atoms with van der Waals surface area (Å²) in [6.07, 6.45) is 2.89. The predicted molar refractivity (Wildman–Crippen MR) is 132 cm³/mol. The van der Waals surface area contributed by atoms with E-state index in [2.05, 4.69) is 10.3 Å². The highest BCUT2D eigenvalue weighted by Crippen LogP contribution is 2.33. The lowest BCUT2D eigenvalue weighted by molar-refractivity contribution is -0.132. The number of H-pyrrole nitrogens is 1. The van der Waals surface area contributed by atoms with Gasteiger partial charge in [-0.05, 0) is 42.7 Å². The molecule has 1 saturated heterocycles. The number of aryl methyl sites for hydroxylation is 1. The number of carbonyl (C=O) groups excluding carboxylic acids is 2. The number of para-hydroxylation sites is 1. The van der Waals surface area contributed by atoms with Crippen molar-refractivity contribution in [3.8, 4) is 5.75 Å². The first-order valence-corrected chi connectivity index (χ1v) is 13.3. The number of nitrogens with one attached hydrogen (secondary N) is 2. The molecule has 2 aliphatic heterocycles. The quantitative estimate of drug-likeness (QED) is 0.545. The maximum atomic E-state index is 13.2. The molecule has 2 N–H and O–H groups in total. The van der Waals surface area contributed by atoms with E-state index in [1.54, 1.807) is 11.0 Å². The van der Waals surface area contributed by atoms with Crippen molar-refractivity contribution in [3.05, 3.63) is 54.2 Å². The van der Waals surface area contributed by atoms with Gasteiger partial charge in [-0.1, -0.05) is 25.1 Å². The second-order valence-electron chi connectivity index (χ2n) is 8.81. The summed E-state index contributed by atoms with van der Waals surface area (Å²) in [6.45, 7) is 2.97. The van der Waals surface area contributed by atoms with Gasteiger partial charge in [0, 0.05) is 49.7 Å². The van der Waals surface area contributed by atoms with Gasteiger partial charge in [0.25, 0.3) is 5.91 Å². The molecule has 184 valence electrons. The largest absolute Gasteiger partial charge is 0.478 e. The molecule has 0 spiro atoms. The second kappa shape index (κ2) is 9.35. The normalized spacial score (nSPS) is 18.7. The standard InChI is InChI=1S/C25H28N4O5S/c1-2-22-25(31)27-21-15-18(8-9-23(21)34-22)35(32,33)29-13-11-28(12-14-29)24(30)10-7-17-16-26-20-6-4-3-5-19(17)20/h3-6,8-9,15-16,22,26H,2,7,10-14H2,1H3,(H,27,31)/t22-/m0/s1. The minimum absolute atomic E-state index is 0.0199. The van der Waals surface area contributed by atoms with E-state index in [0.717, 1.165) is 16.5 Å². The van der Waals surface area contributed by atoms with E-state index >= 15 is 0 Å². The molecule has 1 atom stereocenters. The monoisotopic (exact) mass is 496 g/mol. The van der Waals surface area contributed by atoms with Crippen LogP contribution in [-0.4, -0.2) is 66.7 Å². The lowest BCUT2D eigenvalue weighted by Gasteiger charge is -2.34. The van der Waals surface area contributed by atoms with E-state index in [4.69, 9.17) is 4.74 Å². The molecule has 0 aliphatic carbocycles. The summed E-state index contributed by atoms with van der Waals surface area (Å²) < 4.78 is 33.5. The van der Waals surface area contributed by atoms with Crippen LogP contribution >= 0.6 is 0 Å². The lowest BCUT2D eigenvalue weighted by Crippen LogP contribution is -2.50. The van der Waals surface area contributed by atoms with E-state index in [9.17, 15) is 18.0 Å². The fraction of sp³-hybridized carbons (Fsp3) is 0.360. The summed E-state index contributed by atoms with van der Waals surface area (Å²) in [4.78, 5) is 29.9. The maximum Gasteiger partial charge on any atom is 0.265 e. The first kappa shape index (κ1) is 23.4. The zero-order chi connectivity index (χ0) is 24.6. The Balaban J connectivity index is 1.20. The van der Waals surface area contributed by atoms with Gasteiger partial charge < -0.3 is 19.9 Å². The zero-order valence-electron chi connectivity index (χ0n) is 19.5. The molecule has 3 aromatic rings. The Bertz CT molecular complexity index is 1380. The highest BCUT2D eigenvalue weighted by Gasteiger charge is 2.32. The predicted octanol–water partition coefficient (Wildman–Crippen LogP) is 2.74. The average Bonchev–Trinajstić information content (AvgIpc) is 3.29. The van der Waals surface area contributed by atoms with Gasteiger partial charge in [0.05, 0.1) is 10.6 Å². The van der Waals surface area contributed by atoms with E-state index in [1.165, 1.54) is 16.4 Å². The van der Waals surface area contributed by atoms with Crippen molar-refractivity contribution in [1.82, 2.24) is 14.2 Å². The average molecular weight is 497 g/mol. The van der Waals surface area contributed by atoms with Gasteiger partial charge in [-0.3, -0.25) is 9.59 Å². The first-order valence-electron chi connectivity index (χ1n) is 11.8. The van der Waals surface area contributed by atoms with Crippen LogP contribution in [0.15, 0.2) is 53.6 Å². The van der Waals surface area contributed by atoms with Crippen molar-refractivity contribution >= 4 is 38.4 Å². The highest BCUT2D eigenvalue weighted by molar-refractivity contribution is 7.89. The fourth-order valence-electron chi connectivity index (χ4n) is 4.62. The van der Waals surface area contributed by atoms with Crippen LogP contribution in [0.1, 0.15) is 25.3 Å². The van der Waals surface area contributed by atoms with Gasteiger partial charge in [-0.15, -0.1) is 0 Å². The summed E-state index contributed by atoms with van der Waals surface area (Å²) >= 11 is 0. The number of anilines is 1. The third-order valence-corrected chi connectivity index (χ3v) is 8.55. The molecule has 0 radical (unpaired) electrons. The molecule has 10 heteroatoms. The number of aromatic amines is 1. The summed E-state index contributed by atoms with van der Waals surface area (Å²) in [5.74, 6) is 0.196. The van der Waals surface area contributed by atoms with Crippen molar-refractivity contribution in [3.63, 3.8) is 0 Å². The summed E-state index contributed by atoms with van der Waals surface area (Å²) in [6, 6.07) is 12.5. The number of ether oxygens (including phenoxy) is 1. The number of rotatable bonds is 6. The number of amides is 2. The Kier molecular flexibility index (Phi) is 6.24. The maximum absolute atomic E-state index is 13.2. The lowest BCUT2D eigenvalue weighted by atomic mass is 10.1. The third-order valence-electron chi connectivity index (χ3n) is 6.65. The van der Waals surface area contributed by atoms with Crippen molar-refractivity contribution < 1.29 is 22.7 Å². The Hall–Kier alpha value is -3.37. The van der Waals surface area contributed by atoms with Crippen LogP contribution in [0.2, 0.25) is 0 Å².